The first kappa shape index (κ1) is 17.0. The van der Waals surface area contributed by atoms with Crippen molar-refractivity contribution in [1.29, 1.82) is 0 Å². The van der Waals surface area contributed by atoms with Gasteiger partial charge in [0.1, 0.15) is 0 Å². The van der Waals surface area contributed by atoms with E-state index >= 15 is 0 Å². The monoisotopic (exact) mass is 297 g/mol. The molecule has 1 aromatic rings. The van der Waals surface area contributed by atoms with Crippen LogP contribution in [0, 0.1) is 0 Å². The summed E-state index contributed by atoms with van der Waals surface area (Å²) < 4.78 is 0. The topological polar surface area (TPSA) is 49.6 Å². The van der Waals surface area contributed by atoms with E-state index in [9.17, 15) is 4.79 Å². The molecule has 0 unspecified atom stereocenters. The molecule has 1 fully saturated rings. The Kier molecular flexibility index (Phi) is 6.46. The molecule has 1 amide bonds. The number of likely N-dealkylation sites (tertiary alicyclic amines) is 1. The summed E-state index contributed by atoms with van der Waals surface area (Å²) in [7, 11) is 0. The van der Waals surface area contributed by atoms with Crippen molar-refractivity contribution in [3.05, 3.63) is 30.3 Å². The second-order valence-electron chi connectivity index (χ2n) is 5.48. The van der Waals surface area contributed by atoms with Crippen LogP contribution in [-0.4, -0.2) is 42.5 Å². The molecule has 1 saturated heterocycles. The van der Waals surface area contributed by atoms with Gasteiger partial charge in [-0.3, -0.25) is 9.69 Å². The maximum absolute atomic E-state index is 12.5. The standard InChI is InChI=1S/C15H23N3O.ClH/c1-12(2)18(14-6-4-3-5-7-14)15(19)11-17-9-8-13(16)10-17;/h3-7,12-13H,8-11,16H2,1-2H3;1H/t13-;/m0./s1. The third-order valence-electron chi connectivity index (χ3n) is 3.49. The normalized spacial score (nSPS) is 18.9. The second-order valence-corrected chi connectivity index (χ2v) is 5.48. The predicted molar refractivity (Wildman–Crippen MR) is 85.3 cm³/mol. The van der Waals surface area contributed by atoms with Crippen molar-refractivity contribution in [2.75, 3.05) is 24.5 Å². The number of nitrogens with zero attached hydrogens (tertiary/aromatic N) is 2. The smallest absolute Gasteiger partial charge is 0.241 e. The van der Waals surface area contributed by atoms with Crippen molar-refractivity contribution < 1.29 is 4.79 Å². The zero-order chi connectivity index (χ0) is 13.8. The van der Waals surface area contributed by atoms with Gasteiger partial charge in [0.05, 0.1) is 6.54 Å². The van der Waals surface area contributed by atoms with E-state index in [1.54, 1.807) is 0 Å². The van der Waals surface area contributed by atoms with Gasteiger partial charge in [0.2, 0.25) is 5.91 Å². The maximum atomic E-state index is 12.5. The van der Waals surface area contributed by atoms with Crippen LogP contribution in [0.1, 0.15) is 20.3 Å². The molecule has 0 aromatic heterocycles. The lowest BCUT2D eigenvalue weighted by Gasteiger charge is -2.29. The molecule has 0 aliphatic carbocycles. The summed E-state index contributed by atoms with van der Waals surface area (Å²) in [4.78, 5) is 16.5. The minimum atomic E-state index is 0. The molecule has 1 aliphatic heterocycles. The fourth-order valence-corrected chi connectivity index (χ4v) is 2.59. The average molecular weight is 298 g/mol. The molecule has 4 nitrogen and oxygen atoms in total. The first-order valence-corrected chi connectivity index (χ1v) is 6.93. The fraction of sp³-hybridized carbons (Fsp3) is 0.533. The average Bonchev–Trinajstić information content (AvgIpc) is 2.75. The van der Waals surface area contributed by atoms with Crippen LogP contribution in [0.5, 0.6) is 0 Å². The van der Waals surface area contributed by atoms with Crippen LogP contribution in [0.3, 0.4) is 0 Å². The van der Waals surface area contributed by atoms with Crippen molar-refractivity contribution in [2.24, 2.45) is 5.73 Å². The lowest BCUT2D eigenvalue weighted by molar-refractivity contribution is -0.119. The molecular formula is C15H24ClN3O. The van der Waals surface area contributed by atoms with Gasteiger partial charge in [-0.15, -0.1) is 12.4 Å². The van der Waals surface area contributed by atoms with E-state index in [2.05, 4.69) is 4.90 Å². The van der Waals surface area contributed by atoms with Crippen LogP contribution in [-0.2, 0) is 4.79 Å². The van der Waals surface area contributed by atoms with Crippen molar-refractivity contribution in [1.82, 2.24) is 4.90 Å². The van der Waals surface area contributed by atoms with Gasteiger partial charge >= 0.3 is 0 Å². The van der Waals surface area contributed by atoms with Crippen molar-refractivity contribution in [3.8, 4) is 0 Å². The van der Waals surface area contributed by atoms with Gasteiger partial charge in [0.25, 0.3) is 0 Å². The summed E-state index contributed by atoms with van der Waals surface area (Å²) in [6.07, 6.45) is 0.986. The Morgan fingerprint density at radius 2 is 2.05 bits per heavy atom. The van der Waals surface area contributed by atoms with E-state index in [4.69, 9.17) is 5.73 Å². The van der Waals surface area contributed by atoms with Gasteiger partial charge in [-0.05, 0) is 32.4 Å². The van der Waals surface area contributed by atoms with E-state index in [-0.39, 0.29) is 30.4 Å². The number of anilines is 1. The van der Waals surface area contributed by atoms with Gasteiger partial charge in [-0.1, -0.05) is 18.2 Å². The van der Waals surface area contributed by atoms with Gasteiger partial charge in [0, 0.05) is 30.9 Å². The number of carbonyl (C=O) groups is 1. The quantitative estimate of drug-likeness (QED) is 0.923. The van der Waals surface area contributed by atoms with Crippen LogP contribution < -0.4 is 10.6 Å². The molecule has 0 spiro atoms. The van der Waals surface area contributed by atoms with Gasteiger partial charge in [0.15, 0.2) is 0 Å². The first-order valence-electron chi connectivity index (χ1n) is 6.93. The number of hydrogen-bond acceptors (Lipinski definition) is 3. The molecule has 1 aliphatic rings. The van der Waals surface area contributed by atoms with Gasteiger partial charge < -0.3 is 10.6 Å². The molecule has 112 valence electrons. The van der Waals surface area contributed by atoms with Crippen LogP contribution in [0.2, 0.25) is 0 Å². The highest BCUT2D eigenvalue weighted by Gasteiger charge is 2.25. The third-order valence-corrected chi connectivity index (χ3v) is 3.49. The fourth-order valence-electron chi connectivity index (χ4n) is 2.59. The number of para-hydroxylation sites is 1. The van der Waals surface area contributed by atoms with E-state index in [0.29, 0.717) is 6.54 Å². The number of halogens is 1. The SMILES string of the molecule is CC(C)N(C(=O)CN1CC[C@H](N)C1)c1ccccc1.Cl. The van der Waals surface area contributed by atoms with Crippen LogP contribution in [0.4, 0.5) is 5.69 Å². The molecule has 2 rings (SSSR count). The number of benzene rings is 1. The van der Waals surface area contributed by atoms with E-state index in [1.165, 1.54) is 0 Å². The molecule has 1 aromatic carbocycles. The molecule has 2 N–H and O–H groups in total. The molecule has 0 radical (unpaired) electrons. The summed E-state index contributed by atoms with van der Waals surface area (Å²) >= 11 is 0. The van der Waals surface area contributed by atoms with Gasteiger partial charge in [-0.25, -0.2) is 0 Å². The molecular weight excluding hydrogens is 274 g/mol. The Morgan fingerprint density at radius 1 is 1.40 bits per heavy atom. The molecule has 1 heterocycles. The highest BCUT2D eigenvalue weighted by molar-refractivity contribution is 5.95. The van der Waals surface area contributed by atoms with Crippen LogP contribution >= 0.6 is 12.4 Å². The molecule has 1 atom stereocenters. The Labute approximate surface area is 127 Å². The van der Waals surface area contributed by atoms with E-state index in [1.807, 2.05) is 49.1 Å². The number of carbonyl (C=O) groups excluding carboxylic acids is 1. The molecule has 5 heteroatoms. The Hall–Kier alpha value is -1.10. The molecule has 0 bridgehead atoms. The summed E-state index contributed by atoms with van der Waals surface area (Å²) in [5.41, 5.74) is 6.85. The maximum Gasteiger partial charge on any atom is 0.241 e. The summed E-state index contributed by atoms with van der Waals surface area (Å²) in [6.45, 7) is 6.29. The van der Waals surface area contributed by atoms with Crippen LogP contribution in [0.25, 0.3) is 0 Å². The van der Waals surface area contributed by atoms with Crippen molar-refractivity contribution in [3.63, 3.8) is 0 Å². The highest BCUT2D eigenvalue weighted by Crippen LogP contribution is 2.17. The number of rotatable bonds is 4. The summed E-state index contributed by atoms with van der Waals surface area (Å²) in [5, 5.41) is 0. The zero-order valence-electron chi connectivity index (χ0n) is 12.2. The number of hydrogen-bond donors (Lipinski definition) is 1. The van der Waals surface area contributed by atoms with Gasteiger partial charge in [-0.2, -0.15) is 0 Å². The first-order chi connectivity index (χ1) is 9.08. The number of amides is 1. The Bertz CT molecular complexity index is 424. The minimum Gasteiger partial charge on any atom is -0.326 e. The molecule has 20 heavy (non-hydrogen) atoms. The summed E-state index contributed by atoms with van der Waals surface area (Å²) in [6, 6.07) is 10.2. The predicted octanol–water partition coefficient (Wildman–Crippen LogP) is 1.88. The highest BCUT2D eigenvalue weighted by atomic mass is 35.5. The minimum absolute atomic E-state index is 0. The second kappa shape index (κ2) is 7.62. The van der Waals surface area contributed by atoms with Crippen LogP contribution in [0.15, 0.2) is 30.3 Å². The molecule has 0 saturated carbocycles. The van der Waals surface area contributed by atoms with E-state index in [0.717, 1.165) is 25.2 Å². The Balaban J connectivity index is 0.00000200. The number of nitrogens with two attached hydrogens (primary N) is 1. The lowest BCUT2D eigenvalue weighted by Crippen LogP contribution is -2.43. The zero-order valence-corrected chi connectivity index (χ0v) is 13.0. The lowest BCUT2D eigenvalue weighted by atomic mass is 10.2. The largest absolute Gasteiger partial charge is 0.326 e. The van der Waals surface area contributed by atoms with Crippen molar-refractivity contribution >= 4 is 24.0 Å². The summed E-state index contributed by atoms with van der Waals surface area (Å²) in [5.74, 6) is 0.148. The third kappa shape index (κ3) is 4.20. The van der Waals surface area contributed by atoms with Crippen molar-refractivity contribution in [2.45, 2.75) is 32.4 Å². The van der Waals surface area contributed by atoms with E-state index < -0.39 is 0 Å². The Morgan fingerprint density at radius 3 is 2.55 bits per heavy atom.